The molecule has 5 heteroatoms. The molecule has 0 spiro atoms. The van der Waals surface area contributed by atoms with E-state index in [1.54, 1.807) is 22.5 Å². The van der Waals surface area contributed by atoms with Gasteiger partial charge in [0.15, 0.2) is 0 Å². The molecular formula is C14H22N2O2S. The van der Waals surface area contributed by atoms with Gasteiger partial charge in [-0.15, -0.1) is 0 Å². The summed E-state index contributed by atoms with van der Waals surface area (Å²) in [6.07, 6.45) is 1.87. The summed E-state index contributed by atoms with van der Waals surface area (Å²) in [5, 5.41) is 0. The Labute approximate surface area is 115 Å². The molecule has 19 heavy (non-hydrogen) atoms. The van der Waals surface area contributed by atoms with Crippen molar-refractivity contribution in [3.8, 4) is 0 Å². The Morgan fingerprint density at radius 1 is 1.32 bits per heavy atom. The van der Waals surface area contributed by atoms with E-state index in [2.05, 4.69) is 6.92 Å². The number of hydrogen-bond donors (Lipinski definition) is 1. The van der Waals surface area contributed by atoms with Crippen molar-refractivity contribution in [1.29, 1.82) is 0 Å². The van der Waals surface area contributed by atoms with E-state index in [0.29, 0.717) is 23.9 Å². The third kappa shape index (κ3) is 3.16. The lowest BCUT2D eigenvalue weighted by atomic mass is 10.0. The molecule has 0 amide bonds. The predicted molar refractivity (Wildman–Crippen MR) is 76.2 cm³/mol. The quantitative estimate of drug-likeness (QED) is 0.923. The molecule has 0 radical (unpaired) electrons. The van der Waals surface area contributed by atoms with Crippen LogP contribution in [0.2, 0.25) is 0 Å². The van der Waals surface area contributed by atoms with Crippen LogP contribution in [0.15, 0.2) is 29.2 Å². The van der Waals surface area contributed by atoms with E-state index >= 15 is 0 Å². The van der Waals surface area contributed by atoms with E-state index in [-0.39, 0.29) is 6.04 Å². The zero-order valence-corrected chi connectivity index (χ0v) is 12.4. The van der Waals surface area contributed by atoms with Gasteiger partial charge < -0.3 is 5.73 Å². The van der Waals surface area contributed by atoms with Gasteiger partial charge in [-0.1, -0.05) is 19.1 Å². The first kappa shape index (κ1) is 14.5. The summed E-state index contributed by atoms with van der Waals surface area (Å²) in [7, 11) is -3.36. The van der Waals surface area contributed by atoms with Gasteiger partial charge in [-0.2, -0.15) is 4.31 Å². The van der Waals surface area contributed by atoms with E-state index in [1.807, 2.05) is 13.0 Å². The lowest BCUT2D eigenvalue weighted by Crippen LogP contribution is -2.37. The van der Waals surface area contributed by atoms with Crippen LogP contribution in [-0.4, -0.2) is 25.8 Å². The number of nitrogens with zero attached hydrogens (tertiary/aromatic N) is 1. The Bertz CT molecular complexity index is 532. The van der Waals surface area contributed by atoms with Crippen LogP contribution in [0.1, 0.15) is 38.3 Å². The van der Waals surface area contributed by atoms with E-state index in [4.69, 9.17) is 5.73 Å². The summed E-state index contributed by atoms with van der Waals surface area (Å²) in [5.41, 5.74) is 6.67. The van der Waals surface area contributed by atoms with E-state index < -0.39 is 10.0 Å². The van der Waals surface area contributed by atoms with Crippen LogP contribution < -0.4 is 5.73 Å². The van der Waals surface area contributed by atoms with Crippen LogP contribution in [0.25, 0.3) is 0 Å². The molecule has 2 N–H and O–H groups in total. The van der Waals surface area contributed by atoms with Crippen LogP contribution in [0.4, 0.5) is 0 Å². The predicted octanol–water partition coefficient (Wildman–Crippen LogP) is 2.13. The molecule has 4 nitrogen and oxygen atoms in total. The van der Waals surface area contributed by atoms with Crippen LogP contribution in [0.5, 0.6) is 0 Å². The minimum Gasteiger partial charge on any atom is -0.324 e. The summed E-state index contributed by atoms with van der Waals surface area (Å²) in [4.78, 5) is 0.358. The van der Waals surface area contributed by atoms with Crippen molar-refractivity contribution in [2.45, 2.75) is 37.6 Å². The summed E-state index contributed by atoms with van der Waals surface area (Å²) in [6.45, 7) is 5.26. The molecule has 1 aromatic rings. The minimum atomic E-state index is -3.36. The molecule has 0 aromatic heterocycles. The fourth-order valence-electron chi connectivity index (χ4n) is 2.33. The smallest absolute Gasteiger partial charge is 0.243 e. The molecule has 1 fully saturated rings. The Morgan fingerprint density at radius 3 is 2.53 bits per heavy atom. The SMILES string of the molecule is CC1CCN(S(=O)(=O)c2cccc(C(C)N)c2)CC1. The standard InChI is InChI=1S/C14H22N2O2S/c1-11-6-8-16(9-7-11)19(17,18)14-5-3-4-13(10-14)12(2)15/h3-5,10-12H,6-9,15H2,1-2H3. The Balaban J connectivity index is 2.26. The van der Waals surface area contributed by atoms with Gasteiger partial charge in [0.1, 0.15) is 0 Å². The average molecular weight is 282 g/mol. The van der Waals surface area contributed by atoms with Crippen molar-refractivity contribution < 1.29 is 8.42 Å². The van der Waals surface area contributed by atoms with Gasteiger partial charge in [-0.05, 0) is 43.4 Å². The first-order chi connectivity index (χ1) is 8.91. The third-order valence-electron chi connectivity index (χ3n) is 3.76. The summed E-state index contributed by atoms with van der Waals surface area (Å²) >= 11 is 0. The molecule has 0 bridgehead atoms. The van der Waals surface area contributed by atoms with Gasteiger partial charge in [0, 0.05) is 19.1 Å². The highest BCUT2D eigenvalue weighted by molar-refractivity contribution is 7.89. The molecular weight excluding hydrogens is 260 g/mol. The van der Waals surface area contributed by atoms with Crippen molar-refractivity contribution in [2.24, 2.45) is 11.7 Å². The fraction of sp³-hybridized carbons (Fsp3) is 0.571. The monoisotopic (exact) mass is 282 g/mol. The largest absolute Gasteiger partial charge is 0.324 e. The lowest BCUT2D eigenvalue weighted by molar-refractivity contribution is 0.288. The van der Waals surface area contributed by atoms with Crippen LogP contribution >= 0.6 is 0 Å². The maximum atomic E-state index is 12.6. The highest BCUT2D eigenvalue weighted by Crippen LogP contribution is 2.24. The van der Waals surface area contributed by atoms with Gasteiger partial charge >= 0.3 is 0 Å². The second-order valence-electron chi connectivity index (χ2n) is 5.45. The molecule has 0 saturated carbocycles. The Kier molecular flexibility index (Phi) is 4.28. The topological polar surface area (TPSA) is 63.4 Å². The molecule has 0 aliphatic carbocycles. The summed E-state index contributed by atoms with van der Waals surface area (Å²) < 4.78 is 26.7. The molecule has 1 aliphatic heterocycles. The summed E-state index contributed by atoms with van der Waals surface area (Å²) in [6, 6.07) is 6.81. The third-order valence-corrected chi connectivity index (χ3v) is 5.66. The number of hydrogen-bond acceptors (Lipinski definition) is 3. The molecule has 1 aromatic carbocycles. The van der Waals surface area contributed by atoms with Crippen LogP contribution in [-0.2, 0) is 10.0 Å². The average Bonchev–Trinajstić information content (AvgIpc) is 2.39. The number of piperidine rings is 1. The van der Waals surface area contributed by atoms with E-state index in [0.717, 1.165) is 18.4 Å². The number of sulfonamides is 1. The van der Waals surface area contributed by atoms with Crippen LogP contribution in [0.3, 0.4) is 0 Å². The molecule has 2 rings (SSSR count). The maximum absolute atomic E-state index is 12.6. The number of benzene rings is 1. The lowest BCUT2D eigenvalue weighted by Gasteiger charge is -2.29. The first-order valence-corrected chi connectivity index (χ1v) is 8.21. The Morgan fingerprint density at radius 2 is 1.95 bits per heavy atom. The molecule has 1 atom stereocenters. The molecule has 106 valence electrons. The zero-order chi connectivity index (χ0) is 14.0. The Hall–Kier alpha value is -0.910. The van der Waals surface area contributed by atoms with Crippen molar-refractivity contribution in [2.75, 3.05) is 13.1 Å². The molecule has 1 heterocycles. The second-order valence-corrected chi connectivity index (χ2v) is 7.39. The highest BCUT2D eigenvalue weighted by atomic mass is 32.2. The first-order valence-electron chi connectivity index (χ1n) is 6.77. The van der Waals surface area contributed by atoms with Crippen molar-refractivity contribution >= 4 is 10.0 Å². The highest BCUT2D eigenvalue weighted by Gasteiger charge is 2.28. The van der Waals surface area contributed by atoms with Gasteiger partial charge in [0.05, 0.1) is 4.90 Å². The normalized spacial score (nSPS) is 20.4. The second kappa shape index (κ2) is 5.61. The molecule has 1 saturated heterocycles. The number of nitrogens with two attached hydrogens (primary N) is 1. The zero-order valence-electron chi connectivity index (χ0n) is 11.5. The fourth-order valence-corrected chi connectivity index (χ4v) is 3.86. The number of rotatable bonds is 3. The minimum absolute atomic E-state index is 0.156. The van der Waals surface area contributed by atoms with Gasteiger partial charge in [0.25, 0.3) is 0 Å². The van der Waals surface area contributed by atoms with Crippen molar-refractivity contribution in [1.82, 2.24) is 4.31 Å². The van der Waals surface area contributed by atoms with E-state index in [9.17, 15) is 8.42 Å². The van der Waals surface area contributed by atoms with Crippen LogP contribution in [0, 0.1) is 5.92 Å². The van der Waals surface area contributed by atoms with Gasteiger partial charge in [-0.3, -0.25) is 0 Å². The van der Waals surface area contributed by atoms with Gasteiger partial charge in [0.2, 0.25) is 10.0 Å². The van der Waals surface area contributed by atoms with Gasteiger partial charge in [-0.25, -0.2) is 8.42 Å². The molecule has 1 unspecified atom stereocenters. The van der Waals surface area contributed by atoms with E-state index in [1.165, 1.54) is 0 Å². The van der Waals surface area contributed by atoms with Crippen molar-refractivity contribution in [3.63, 3.8) is 0 Å². The van der Waals surface area contributed by atoms with Crippen molar-refractivity contribution in [3.05, 3.63) is 29.8 Å². The summed E-state index contributed by atoms with van der Waals surface area (Å²) in [5.74, 6) is 0.613. The maximum Gasteiger partial charge on any atom is 0.243 e. The molecule has 1 aliphatic rings.